The van der Waals surface area contributed by atoms with Crippen molar-refractivity contribution < 1.29 is 9.53 Å². The standard InChI is InChI=1S/C17H24N2O2S/c1-21-11-3-4-13-7-8-14(16-9-10-18-19-16)12-15(20)5-2-6-17(13)22/h9-10,12-13H,2-8,11H2,1H3,(H,18,19). The maximum absolute atomic E-state index is 12.0. The van der Waals surface area contributed by atoms with Gasteiger partial charge in [-0.1, -0.05) is 12.2 Å². The molecule has 0 radical (unpaired) electrons. The largest absolute Gasteiger partial charge is 0.385 e. The Morgan fingerprint density at radius 1 is 1.41 bits per heavy atom. The van der Waals surface area contributed by atoms with Gasteiger partial charge in [0.1, 0.15) is 0 Å². The fourth-order valence-electron chi connectivity index (χ4n) is 2.90. The van der Waals surface area contributed by atoms with Crippen LogP contribution < -0.4 is 0 Å². The normalized spacial score (nSPS) is 20.8. The summed E-state index contributed by atoms with van der Waals surface area (Å²) in [6.07, 6.45) is 9.75. The molecule has 22 heavy (non-hydrogen) atoms. The van der Waals surface area contributed by atoms with Crippen molar-refractivity contribution in [3.63, 3.8) is 0 Å². The molecule has 1 aromatic heterocycles. The highest BCUT2D eigenvalue weighted by Gasteiger charge is 2.18. The number of rotatable bonds is 5. The molecule has 1 atom stereocenters. The molecule has 4 nitrogen and oxygen atoms in total. The number of carbonyl (C=O) groups is 1. The molecule has 0 fully saturated rings. The Labute approximate surface area is 137 Å². The fraction of sp³-hybridized carbons (Fsp3) is 0.588. The van der Waals surface area contributed by atoms with E-state index in [0.29, 0.717) is 12.3 Å². The van der Waals surface area contributed by atoms with E-state index in [1.807, 2.05) is 6.07 Å². The van der Waals surface area contributed by atoms with Crippen molar-refractivity contribution in [3.8, 4) is 0 Å². The van der Waals surface area contributed by atoms with Crippen LogP contribution in [0.25, 0.3) is 5.57 Å². The molecule has 0 aromatic carbocycles. The molecule has 1 unspecified atom stereocenters. The average molecular weight is 320 g/mol. The first kappa shape index (κ1) is 17.0. The zero-order valence-electron chi connectivity index (χ0n) is 13.1. The van der Waals surface area contributed by atoms with Crippen LogP contribution in [0.15, 0.2) is 18.3 Å². The number of hydrogen-bond donors (Lipinski definition) is 1. The highest BCUT2D eigenvalue weighted by atomic mass is 32.1. The summed E-state index contributed by atoms with van der Waals surface area (Å²) in [5.41, 5.74) is 1.99. The molecule has 2 rings (SSSR count). The second kappa shape index (κ2) is 8.96. The molecular formula is C17H24N2O2S. The van der Waals surface area contributed by atoms with E-state index >= 15 is 0 Å². The summed E-state index contributed by atoms with van der Waals surface area (Å²) in [5.74, 6) is 0.620. The summed E-state index contributed by atoms with van der Waals surface area (Å²) < 4.78 is 5.15. The molecule has 1 aliphatic carbocycles. The van der Waals surface area contributed by atoms with Crippen molar-refractivity contribution in [1.82, 2.24) is 10.2 Å². The fourth-order valence-corrected chi connectivity index (χ4v) is 3.28. The van der Waals surface area contributed by atoms with Crippen molar-refractivity contribution in [2.75, 3.05) is 13.7 Å². The number of aromatic amines is 1. The monoisotopic (exact) mass is 320 g/mol. The predicted molar refractivity (Wildman–Crippen MR) is 91.9 cm³/mol. The first-order valence-corrected chi connectivity index (χ1v) is 8.36. The Morgan fingerprint density at radius 2 is 2.27 bits per heavy atom. The van der Waals surface area contributed by atoms with Crippen molar-refractivity contribution in [3.05, 3.63) is 24.0 Å². The van der Waals surface area contributed by atoms with E-state index in [0.717, 1.165) is 61.3 Å². The summed E-state index contributed by atoms with van der Waals surface area (Å²) in [5, 5.41) is 6.96. The molecule has 0 saturated carbocycles. The number of H-pyrrole nitrogens is 1. The Balaban J connectivity index is 2.09. The number of thiocarbonyl (C=S) groups is 1. The van der Waals surface area contributed by atoms with Crippen LogP contribution >= 0.6 is 12.2 Å². The minimum absolute atomic E-state index is 0.185. The van der Waals surface area contributed by atoms with E-state index in [2.05, 4.69) is 10.2 Å². The molecule has 5 heteroatoms. The van der Waals surface area contributed by atoms with E-state index < -0.39 is 0 Å². The minimum Gasteiger partial charge on any atom is -0.385 e. The van der Waals surface area contributed by atoms with Gasteiger partial charge >= 0.3 is 0 Å². The first-order valence-electron chi connectivity index (χ1n) is 7.95. The third-order valence-electron chi connectivity index (χ3n) is 4.15. The van der Waals surface area contributed by atoms with Gasteiger partial charge in [-0.05, 0) is 67.0 Å². The lowest BCUT2D eigenvalue weighted by Crippen LogP contribution is -2.15. The Bertz CT molecular complexity index is 523. The van der Waals surface area contributed by atoms with Gasteiger partial charge in [0.15, 0.2) is 5.78 Å². The second-order valence-corrected chi connectivity index (χ2v) is 6.32. The van der Waals surface area contributed by atoms with Gasteiger partial charge in [-0.25, -0.2) is 0 Å². The van der Waals surface area contributed by atoms with E-state index in [1.54, 1.807) is 19.4 Å². The number of methoxy groups -OCH3 is 1. The number of aromatic nitrogens is 2. The van der Waals surface area contributed by atoms with Crippen LogP contribution in [0.3, 0.4) is 0 Å². The highest BCUT2D eigenvalue weighted by Crippen LogP contribution is 2.27. The second-order valence-electron chi connectivity index (χ2n) is 5.80. The third-order valence-corrected chi connectivity index (χ3v) is 4.68. The lowest BCUT2D eigenvalue weighted by Gasteiger charge is -2.20. The van der Waals surface area contributed by atoms with Gasteiger partial charge in [-0.15, -0.1) is 0 Å². The minimum atomic E-state index is 0.185. The number of nitrogens with one attached hydrogen (secondary N) is 1. The smallest absolute Gasteiger partial charge is 0.156 e. The molecule has 1 heterocycles. The zero-order valence-corrected chi connectivity index (χ0v) is 14.0. The van der Waals surface area contributed by atoms with Crippen LogP contribution in [0, 0.1) is 5.92 Å². The maximum atomic E-state index is 12.0. The quantitative estimate of drug-likeness (QED) is 0.663. The zero-order chi connectivity index (χ0) is 15.8. The summed E-state index contributed by atoms with van der Waals surface area (Å²) in [4.78, 5) is 13.2. The molecular weight excluding hydrogens is 296 g/mol. The molecule has 1 aromatic rings. The molecule has 1 N–H and O–H groups in total. The van der Waals surface area contributed by atoms with E-state index in [9.17, 15) is 4.79 Å². The van der Waals surface area contributed by atoms with E-state index in [1.165, 1.54) is 0 Å². The van der Waals surface area contributed by atoms with Gasteiger partial charge in [0.2, 0.25) is 0 Å². The topological polar surface area (TPSA) is 55.0 Å². The van der Waals surface area contributed by atoms with Crippen molar-refractivity contribution in [2.24, 2.45) is 5.92 Å². The van der Waals surface area contributed by atoms with Crippen LogP contribution in [0.1, 0.15) is 50.6 Å². The third kappa shape index (κ3) is 5.14. The van der Waals surface area contributed by atoms with Gasteiger partial charge in [0.05, 0.1) is 5.69 Å². The van der Waals surface area contributed by atoms with Crippen LogP contribution in [-0.2, 0) is 9.53 Å². The first-order chi connectivity index (χ1) is 10.7. The van der Waals surface area contributed by atoms with Crippen LogP contribution in [0.4, 0.5) is 0 Å². The lowest BCUT2D eigenvalue weighted by atomic mass is 9.87. The Kier molecular flexibility index (Phi) is 6.93. The van der Waals surface area contributed by atoms with Crippen LogP contribution in [0.2, 0.25) is 0 Å². The van der Waals surface area contributed by atoms with Gasteiger partial charge in [0, 0.05) is 26.3 Å². The number of ether oxygens (including phenoxy) is 1. The van der Waals surface area contributed by atoms with Crippen molar-refractivity contribution in [2.45, 2.75) is 44.9 Å². The Hall–Kier alpha value is -1.33. The number of ketones is 1. The van der Waals surface area contributed by atoms with Gasteiger partial charge in [-0.2, -0.15) is 5.10 Å². The van der Waals surface area contributed by atoms with Gasteiger partial charge in [-0.3, -0.25) is 9.89 Å². The van der Waals surface area contributed by atoms with Gasteiger partial charge < -0.3 is 4.74 Å². The lowest BCUT2D eigenvalue weighted by molar-refractivity contribution is -0.114. The highest BCUT2D eigenvalue weighted by molar-refractivity contribution is 7.80. The average Bonchev–Trinajstić information content (AvgIpc) is 3.03. The van der Waals surface area contributed by atoms with E-state index in [4.69, 9.17) is 17.0 Å². The molecule has 0 bridgehead atoms. The molecule has 0 spiro atoms. The maximum Gasteiger partial charge on any atom is 0.156 e. The molecule has 120 valence electrons. The Morgan fingerprint density at radius 3 is 3.00 bits per heavy atom. The number of nitrogens with zero attached hydrogens (tertiary/aromatic N) is 1. The summed E-state index contributed by atoms with van der Waals surface area (Å²) in [6, 6.07) is 1.92. The van der Waals surface area contributed by atoms with Crippen molar-refractivity contribution in [1.29, 1.82) is 0 Å². The van der Waals surface area contributed by atoms with Crippen molar-refractivity contribution >= 4 is 28.4 Å². The van der Waals surface area contributed by atoms with Crippen LogP contribution in [0.5, 0.6) is 0 Å². The molecule has 0 aliphatic heterocycles. The summed E-state index contributed by atoms with van der Waals surface area (Å²) in [6.45, 7) is 0.779. The number of allylic oxidation sites excluding steroid dienone is 2. The SMILES string of the molecule is COCCCC1CCC(c2ccn[nH]2)=CC(=O)CCCC1=S. The number of hydrogen-bond acceptors (Lipinski definition) is 4. The predicted octanol–water partition coefficient (Wildman–Crippen LogP) is 3.74. The molecule has 0 saturated heterocycles. The number of carbonyl (C=O) groups excluding carboxylic acids is 1. The molecule has 0 amide bonds. The van der Waals surface area contributed by atoms with Crippen LogP contribution in [-0.4, -0.2) is 34.6 Å². The summed E-state index contributed by atoms with van der Waals surface area (Å²) >= 11 is 5.61. The summed E-state index contributed by atoms with van der Waals surface area (Å²) in [7, 11) is 1.73. The molecule has 1 aliphatic rings. The van der Waals surface area contributed by atoms with Gasteiger partial charge in [0.25, 0.3) is 0 Å². The van der Waals surface area contributed by atoms with E-state index in [-0.39, 0.29) is 5.78 Å².